The molecule has 0 spiro atoms. The Kier molecular flexibility index (Phi) is 9.02. The molecular formula is C26H31ClN4O2S. The normalized spacial score (nSPS) is 14.9. The second kappa shape index (κ2) is 12.4. The first kappa shape index (κ1) is 24.8. The Balaban J connectivity index is 1.12. The highest BCUT2D eigenvalue weighted by Crippen LogP contribution is 2.22. The number of carbonyl (C=O) groups excluding carboxylic acids is 1. The van der Waals surface area contributed by atoms with Gasteiger partial charge in [0.1, 0.15) is 0 Å². The minimum Gasteiger partial charge on any atom is -0.356 e. The van der Waals surface area contributed by atoms with Crippen molar-refractivity contribution in [2.75, 3.05) is 25.4 Å². The molecule has 0 aliphatic carbocycles. The summed E-state index contributed by atoms with van der Waals surface area (Å²) < 4.78 is 5.43. The summed E-state index contributed by atoms with van der Waals surface area (Å²) in [6.45, 7) is 5.19. The lowest BCUT2D eigenvalue weighted by molar-refractivity contribution is -0.126. The SMILES string of the molecule is Cc1ccccc1CSCCCNC(=O)C1CCN(Cc2nc(-c3cccc(Cl)c3)no2)CC1. The number of benzene rings is 2. The number of likely N-dealkylation sites (tertiary alicyclic amines) is 1. The average molecular weight is 499 g/mol. The van der Waals surface area contributed by atoms with Crippen LogP contribution in [0, 0.1) is 12.8 Å². The van der Waals surface area contributed by atoms with Crippen molar-refractivity contribution in [3.8, 4) is 11.4 Å². The molecule has 2 heterocycles. The van der Waals surface area contributed by atoms with Crippen molar-refractivity contribution < 1.29 is 9.32 Å². The zero-order valence-electron chi connectivity index (χ0n) is 19.5. The molecule has 4 rings (SSSR count). The van der Waals surface area contributed by atoms with Crippen molar-refractivity contribution in [3.63, 3.8) is 0 Å². The number of carbonyl (C=O) groups is 1. The lowest BCUT2D eigenvalue weighted by Crippen LogP contribution is -2.40. The Labute approximate surface area is 210 Å². The minimum absolute atomic E-state index is 0.0839. The highest BCUT2D eigenvalue weighted by molar-refractivity contribution is 7.98. The standard InChI is InChI=1S/C26H31ClN4O2S/c1-19-6-2-3-7-22(19)18-34-15-5-12-28-26(32)20-10-13-31(14-11-20)17-24-29-25(30-33-24)21-8-4-9-23(27)16-21/h2-4,6-9,16,20H,5,10-15,17-18H2,1H3,(H,28,32). The number of nitrogens with zero attached hydrogens (tertiary/aromatic N) is 3. The Bertz CT molecular complexity index is 1080. The van der Waals surface area contributed by atoms with E-state index in [1.807, 2.05) is 36.0 Å². The Morgan fingerprint density at radius 3 is 2.82 bits per heavy atom. The molecule has 1 fully saturated rings. The van der Waals surface area contributed by atoms with Gasteiger partial charge in [-0.05, 0) is 68.3 Å². The number of aryl methyl sites for hydroxylation is 1. The van der Waals surface area contributed by atoms with Gasteiger partial charge in [0.2, 0.25) is 17.6 Å². The van der Waals surface area contributed by atoms with E-state index >= 15 is 0 Å². The summed E-state index contributed by atoms with van der Waals surface area (Å²) in [5.41, 5.74) is 3.58. The zero-order chi connectivity index (χ0) is 23.8. The maximum atomic E-state index is 12.6. The molecular weight excluding hydrogens is 468 g/mol. The maximum Gasteiger partial charge on any atom is 0.241 e. The smallest absolute Gasteiger partial charge is 0.241 e. The van der Waals surface area contributed by atoms with Gasteiger partial charge in [0.25, 0.3) is 0 Å². The number of piperidine rings is 1. The Morgan fingerprint density at radius 2 is 2.03 bits per heavy atom. The molecule has 0 atom stereocenters. The fraction of sp³-hybridized carbons (Fsp3) is 0.423. The van der Waals surface area contributed by atoms with Crippen LogP contribution in [0.4, 0.5) is 0 Å². The summed E-state index contributed by atoms with van der Waals surface area (Å²) in [5, 5.41) is 7.85. The van der Waals surface area contributed by atoms with Gasteiger partial charge in [-0.25, -0.2) is 0 Å². The molecule has 0 saturated carbocycles. The molecule has 0 bridgehead atoms. The highest BCUT2D eigenvalue weighted by Gasteiger charge is 2.25. The first-order chi connectivity index (χ1) is 16.6. The number of hydrogen-bond donors (Lipinski definition) is 1. The number of aromatic nitrogens is 2. The van der Waals surface area contributed by atoms with E-state index < -0.39 is 0 Å². The second-order valence-corrected chi connectivity index (χ2v) is 10.2. The summed E-state index contributed by atoms with van der Waals surface area (Å²) in [6, 6.07) is 15.9. The monoisotopic (exact) mass is 498 g/mol. The van der Waals surface area contributed by atoms with Crippen LogP contribution in [0.25, 0.3) is 11.4 Å². The van der Waals surface area contributed by atoms with Gasteiger partial charge >= 0.3 is 0 Å². The van der Waals surface area contributed by atoms with Crippen molar-refractivity contribution in [1.29, 1.82) is 0 Å². The largest absolute Gasteiger partial charge is 0.356 e. The number of hydrogen-bond acceptors (Lipinski definition) is 6. The fourth-order valence-electron chi connectivity index (χ4n) is 4.09. The molecule has 1 aliphatic rings. The van der Waals surface area contributed by atoms with Crippen LogP contribution < -0.4 is 5.32 Å². The van der Waals surface area contributed by atoms with E-state index in [9.17, 15) is 4.79 Å². The molecule has 1 N–H and O–H groups in total. The van der Waals surface area contributed by atoms with E-state index in [0.29, 0.717) is 23.3 Å². The topological polar surface area (TPSA) is 71.3 Å². The molecule has 34 heavy (non-hydrogen) atoms. The van der Waals surface area contributed by atoms with Crippen LogP contribution in [-0.2, 0) is 17.1 Å². The molecule has 0 unspecified atom stereocenters. The lowest BCUT2D eigenvalue weighted by atomic mass is 9.96. The quantitative estimate of drug-likeness (QED) is 0.380. The van der Waals surface area contributed by atoms with Gasteiger partial charge in [-0.15, -0.1) is 0 Å². The van der Waals surface area contributed by atoms with Gasteiger partial charge in [0.15, 0.2) is 0 Å². The number of halogens is 1. The number of amides is 1. The first-order valence-electron chi connectivity index (χ1n) is 11.8. The van der Waals surface area contributed by atoms with Gasteiger partial charge in [0, 0.05) is 28.8 Å². The summed E-state index contributed by atoms with van der Waals surface area (Å²) in [4.78, 5) is 19.3. The van der Waals surface area contributed by atoms with Crippen molar-refractivity contribution >= 4 is 29.3 Å². The molecule has 0 radical (unpaired) electrons. The van der Waals surface area contributed by atoms with E-state index in [0.717, 1.165) is 56.0 Å². The van der Waals surface area contributed by atoms with E-state index in [4.69, 9.17) is 16.1 Å². The van der Waals surface area contributed by atoms with Crippen LogP contribution in [0.1, 0.15) is 36.3 Å². The molecule has 3 aromatic rings. The summed E-state index contributed by atoms with van der Waals surface area (Å²) in [7, 11) is 0. The minimum atomic E-state index is 0.0839. The highest BCUT2D eigenvalue weighted by atomic mass is 35.5. The average Bonchev–Trinajstić information content (AvgIpc) is 3.31. The summed E-state index contributed by atoms with van der Waals surface area (Å²) >= 11 is 7.98. The third kappa shape index (κ3) is 7.08. The molecule has 180 valence electrons. The van der Waals surface area contributed by atoms with Crippen molar-refractivity contribution in [2.24, 2.45) is 5.92 Å². The van der Waals surface area contributed by atoms with Crippen molar-refractivity contribution in [2.45, 2.75) is 38.5 Å². The van der Waals surface area contributed by atoms with Crippen LogP contribution in [0.3, 0.4) is 0 Å². The molecule has 1 aliphatic heterocycles. The van der Waals surface area contributed by atoms with Gasteiger partial charge in [-0.1, -0.05) is 53.2 Å². The predicted octanol–water partition coefficient (Wildman–Crippen LogP) is 5.35. The van der Waals surface area contributed by atoms with E-state index in [-0.39, 0.29) is 11.8 Å². The van der Waals surface area contributed by atoms with Gasteiger partial charge in [0.05, 0.1) is 6.54 Å². The van der Waals surface area contributed by atoms with E-state index in [2.05, 4.69) is 51.5 Å². The number of rotatable bonds is 10. The van der Waals surface area contributed by atoms with E-state index in [1.165, 1.54) is 11.1 Å². The lowest BCUT2D eigenvalue weighted by Gasteiger charge is -2.30. The van der Waals surface area contributed by atoms with Crippen LogP contribution in [0.5, 0.6) is 0 Å². The summed E-state index contributed by atoms with van der Waals surface area (Å²) in [5.74, 6) is 3.48. The Hall–Kier alpha value is -2.35. The van der Waals surface area contributed by atoms with Crippen molar-refractivity contribution in [3.05, 3.63) is 70.6 Å². The van der Waals surface area contributed by atoms with Gasteiger partial charge in [-0.2, -0.15) is 16.7 Å². The van der Waals surface area contributed by atoms with Crippen LogP contribution >= 0.6 is 23.4 Å². The zero-order valence-corrected chi connectivity index (χ0v) is 21.1. The Morgan fingerprint density at radius 1 is 1.21 bits per heavy atom. The number of nitrogens with one attached hydrogen (secondary N) is 1. The molecule has 1 amide bonds. The molecule has 2 aromatic carbocycles. The van der Waals surface area contributed by atoms with Gasteiger partial charge < -0.3 is 9.84 Å². The third-order valence-corrected chi connectivity index (χ3v) is 7.48. The first-order valence-corrected chi connectivity index (χ1v) is 13.3. The van der Waals surface area contributed by atoms with Crippen molar-refractivity contribution in [1.82, 2.24) is 20.4 Å². The molecule has 6 nitrogen and oxygen atoms in total. The third-order valence-electron chi connectivity index (χ3n) is 6.15. The van der Waals surface area contributed by atoms with E-state index in [1.54, 1.807) is 0 Å². The molecule has 1 saturated heterocycles. The predicted molar refractivity (Wildman–Crippen MR) is 138 cm³/mol. The maximum absolute atomic E-state index is 12.6. The van der Waals surface area contributed by atoms with Crippen LogP contribution in [-0.4, -0.2) is 46.3 Å². The molecule has 1 aromatic heterocycles. The second-order valence-electron chi connectivity index (χ2n) is 8.70. The van der Waals surface area contributed by atoms with Crippen LogP contribution in [0.2, 0.25) is 5.02 Å². The fourth-order valence-corrected chi connectivity index (χ4v) is 5.32. The number of thioether (sulfide) groups is 1. The van der Waals surface area contributed by atoms with Gasteiger partial charge in [-0.3, -0.25) is 9.69 Å². The molecule has 8 heteroatoms. The van der Waals surface area contributed by atoms with Crippen LogP contribution in [0.15, 0.2) is 53.1 Å². The summed E-state index contributed by atoms with van der Waals surface area (Å²) in [6.07, 6.45) is 2.69.